The van der Waals surface area contributed by atoms with E-state index in [4.69, 9.17) is 14.3 Å². The molecule has 0 aliphatic carbocycles. The van der Waals surface area contributed by atoms with Crippen LogP contribution in [0.15, 0.2) is 59.3 Å². The molecule has 0 unspecified atom stereocenters. The Labute approximate surface area is 196 Å². The van der Waals surface area contributed by atoms with Gasteiger partial charge < -0.3 is 18.8 Å². The van der Waals surface area contributed by atoms with Crippen molar-refractivity contribution in [3.05, 3.63) is 66.1 Å². The number of amides is 2. The first-order chi connectivity index (χ1) is 16.5. The largest absolute Gasteiger partial charge is 0.494 e. The molecule has 0 bridgehead atoms. The summed E-state index contributed by atoms with van der Waals surface area (Å²) in [6.45, 7) is 4.76. The second-order valence-electron chi connectivity index (χ2n) is 8.68. The quantitative estimate of drug-likeness (QED) is 0.295. The van der Waals surface area contributed by atoms with Crippen molar-refractivity contribution in [3.8, 4) is 5.75 Å². The molecule has 0 saturated heterocycles. The molecule has 2 aromatic heterocycles. The monoisotopic (exact) mass is 458 g/mol. The van der Waals surface area contributed by atoms with E-state index < -0.39 is 11.8 Å². The minimum Gasteiger partial charge on any atom is -0.494 e. The molecular formula is C27H26N2O5. The summed E-state index contributed by atoms with van der Waals surface area (Å²) < 4.78 is 13.7. The Morgan fingerprint density at radius 3 is 2.59 bits per heavy atom. The highest BCUT2D eigenvalue weighted by atomic mass is 16.5. The van der Waals surface area contributed by atoms with Gasteiger partial charge in [-0.15, -0.1) is 0 Å². The molecule has 0 radical (unpaired) electrons. The Hall–Kier alpha value is -3.84. The average Bonchev–Trinajstić information content (AvgIpc) is 3.51. The van der Waals surface area contributed by atoms with Gasteiger partial charge >= 0.3 is 0 Å². The molecule has 2 aromatic carbocycles. The number of nitrogens with zero attached hydrogens (tertiary/aromatic N) is 1. The molecule has 0 fully saturated rings. The van der Waals surface area contributed by atoms with Crippen LogP contribution in [0.1, 0.15) is 43.9 Å². The summed E-state index contributed by atoms with van der Waals surface area (Å²) in [6, 6.07) is 13.3. The first-order valence-electron chi connectivity index (χ1n) is 11.4. The van der Waals surface area contributed by atoms with E-state index in [1.54, 1.807) is 12.3 Å². The minimum absolute atomic E-state index is 0.131. The molecule has 34 heavy (non-hydrogen) atoms. The van der Waals surface area contributed by atoms with Crippen molar-refractivity contribution in [1.82, 2.24) is 9.88 Å². The number of hydrogen-bond donors (Lipinski definition) is 2. The van der Waals surface area contributed by atoms with Crippen LogP contribution in [0, 0.1) is 0 Å². The normalized spacial score (nSPS) is 14.1. The van der Waals surface area contributed by atoms with E-state index in [1.807, 2.05) is 42.6 Å². The lowest BCUT2D eigenvalue weighted by molar-refractivity contribution is -0.122. The maximum atomic E-state index is 13.1. The van der Waals surface area contributed by atoms with Crippen molar-refractivity contribution in [2.24, 2.45) is 0 Å². The van der Waals surface area contributed by atoms with Crippen LogP contribution in [0.25, 0.3) is 33.0 Å². The van der Waals surface area contributed by atoms with E-state index in [1.165, 1.54) is 0 Å². The summed E-state index contributed by atoms with van der Waals surface area (Å²) in [5, 5.41) is 13.2. The maximum Gasteiger partial charge on any atom is 0.259 e. The zero-order chi connectivity index (χ0) is 23.8. The number of carbonyl (C=O) groups excluding carboxylic acids is 2. The van der Waals surface area contributed by atoms with Gasteiger partial charge in [0, 0.05) is 46.3 Å². The van der Waals surface area contributed by atoms with Crippen LogP contribution in [-0.2, 0) is 9.59 Å². The van der Waals surface area contributed by atoms with Gasteiger partial charge in [0.15, 0.2) is 0 Å². The molecule has 4 aromatic rings. The molecule has 5 rings (SSSR count). The molecule has 0 saturated carbocycles. The third-order valence-corrected chi connectivity index (χ3v) is 6.13. The Balaban J connectivity index is 1.71. The van der Waals surface area contributed by atoms with E-state index >= 15 is 0 Å². The topological polar surface area (TPSA) is 93.7 Å². The molecule has 0 spiro atoms. The number of fused-ring (bicyclic) bond motifs is 2. The van der Waals surface area contributed by atoms with Gasteiger partial charge in [0.1, 0.15) is 11.3 Å². The number of unbranched alkanes of at least 4 members (excludes halogenated alkanes) is 1. The highest BCUT2D eigenvalue weighted by Crippen LogP contribution is 2.40. The van der Waals surface area contributed by atoms with Gasteiger partial charge in [0.25, 0.3) is 11.8 Å². The Morgan fingerprint density at radius 1 is 1.03 bits per heavy atom. The van der Waals surface area contributed by atoms with Gasteiger partial charge in [-0.05, 0) is 51.0 Å². The van der Waals surface area contributed by atoms with Gasteiger partial charge in [0.2, 0.25) is 0 Å². The van der Waals surface area contributed by atoms with E-state index in [9.17, 15) is 9.59 Å². The van der Waals surface area contributed by atoms with Crippen molar-refractivity contribution in [2.75, 3.05) is 13.2 Å². The number of aliphatic hydroxyl groups is 1. The predicted octanol–water partition coefficient (Wildman–Crippen LogP) is 4.69. The minimum atomic E-state index is -0.439. The van der Waals surface area contributed by atoms with Crippen LogP contribution < -0.4 is 10.1 Å². The lowest BCUT2D eigenvalue weighted by Crippen LogP contribution is -2.22. The third-order valence-electron chi connectivity index (χ3n) is 6.13. The molecule has 2 amide bonds. The SMILES string of the molecule is CC(C)n1cc(C2=C(c3cccc4ccoc34)C(=O)NC2=O)c2cc(OCCCCO)ccc21. The number of hydrogen-bond acceptors (Lipinski definition) is 5. The molecule has 7 nitrogen and oxygen atoms in total. The zero-order valence-electron chi connectivity index (χ0n) is 19.1. The van der Waals surface area contributed by atoms with Crippen LogP contribution >= 0.6 is 0 Å². The Bertz CT molecular complexity index is 1440. The van der Waals surface area contributed by atoms with E-state index in [-0.39, 0.29) is 12.6 Å². The fraction of sp³-hybridized carbons (Fsp3) is 0.259. The number of rotatable bonds is 8. The summed E-state index contributed by atoms with van der Waals surface area (Å²) in [4.78, 5) is 26.1. The number of carbonyl (C=O) groups is 2. The van der Waals surface area contributed by atoms with E-state index in [2.05, 4.69) is 23.7 Å². The lowest BCUT2D eigenvalue weighted by Gasteiger charge is -2.10. The van der Waals surface area contributed by atoms with Crippen molar-refractivity contribution in [3.63, 3.8) is 0 Å². The van der Waals surface area contributed by atoms with Crippen molar-refractivity contribution in [1.29, 1.82) is 0 Å². The number of furan rings is 1. The smallest absolute Gasteiger partial charge is 0.259 e. The molecule has 174 valence electrons. The third kappa shape index (κ3) is 3.68. The van der Waals surface area contributed by atoms with E-state index in [0.717, 1.165) is 22.7 Å². The molecule has 0 atom stereocenters. The highest BCUT2D eigenvalue weighted by Gasteiger charge is 2.35. The number of aromatic nitrogens is 1. The second-order valence-corrected chi connectivity index (χ2v) is 8.68. The van der Waals surface area contributed by atoms with Gasteiger partial charge in [-0.25, -0.2) is 0 Å². The van der Waals surface area contributed by atoms with Crippen molar-refractivity contribution >= 4 is 44.8 Å². The van der Waals surface area contributed by atoms with Crippen LogP contribution in [0.3, 0.4) is 0 Å². The molecule has 7 heteroatoms. The zero-order valence-corrected chi connectivity index (χ0v) is 19.1. The number of para-hydroxylation sites is 1. The van der Waals surface area contributed by atoms with Crippen LogP contribution in [0.4, 0.5) is 0 Å². The predicted molar refractivity (Wildman–Crippen MR) is 130 cm³/mol. The Kier molecular flexibility index (Phi) is 5.71. The van der Waals surface area contributed by atoms with Crippen molar-refractivity contribution in [2.45, 2.75) is 32.7 Å². The van der Waals surface area contributed by atoms with Gasteiger partial charge in [0.05, 0.1) is 24.0 Å². The van der Waals surface area contributed by atoms with Crippen LogP contribution in [0.5, 0.6) is 5.75 Å². The first kappa shape index (κ1) is 22.0. The summed E-state index contributed by atoms with van der Waals surface area (Å²) in [6.07, 6.45) is 4.93. The molecule has 3 heterocycles. The summed E-state index contributed by atoms with van der Waals surface area (Å²) in [5.74, 6) is -0.195. The lowest BCUT2D eigenvalue weighted by atomic mass is 9.95. The Morgan fingerprint density at radius 2 is 1.82 bits per heavy atom. The summed E-state index contributed by atoms with van der Waals surface area (Å²) >= 11 is 0. The highest BCUT2D eigenvalue weighted by molar-refractivity contribution is 6.50. The fourth-order valence-electron chi connectivity index (χ4n) is 4.51. The van der Waals surface area contributed by atoms with Crippen LogP contribution in [-0.4, -0.2) is 34.7 Å². The number of imide groups is 1. The van der Waals surface area contributed by atoms with Crippen LogP contribution in [0.2, 0.25) is 0 Å². The molecule has 2 N–H and O–H groups in total. The second kappa shape index (κ2) is 8.83. The maximum absolute atomic E-state index is 13.1. The van der Waals surface area contributed by atoms with Gasteiger partial charge in [-0.1, -0.05) is 18.2 Å². The standard InChI is InChI=1S/C27H26N2O5/c1-16(2)29-15-21(20-14-18(8-9-22(20)29)33-12-4-3-11-30)24-23(26(31)28-27(24)32)19-7-5-6-17-10-13-34-25(17)19/h5-10,13-16,30H,3-4,11-12H2,1-2H3,(H,28,31,32). The fourth-order valence-corrected chi connectivity index (χ4v) is 4.51. The van der Waals surface area contributed by atoms with E-state index in [0.29, 0.717) is 46.6 Å². The van der Waals surface area contributed by atoms with Crippen molar-refractivity contribution < 1.29 is 23.8 Å². The number of aliphatic hydroxyl groups excluding tert-OH is 1. The van der Waals surface area contributed by atoms with Gasteiger partial charge in [-0.3, -0.25) is 14.9 Å². The average molecular weight is 459 g/mol. The molecular weight excluding hydrogens is 432 g/mol. The summed E-state index contributed by atoms with van der Waals surface area (Å²) in [7, 11) is 0. The summed E-state index contributed by atoms with van der Waals surface area (Å²) in [5.41, 5.74) is 3.41. The molecule has 1 aliphatic rings. The van der Waals surface area contributed by atoms with Gasteiger partial charge in [-0.2, -0.15) is 0 Å². The first-order valence-corrected chi connectivity index (χ1v) is 11.4. The molecule has 1 aliphatic heterocycles. The number of nitrogens with one attached hydrogen (secondary N) is 1. The number of benzene rings is 2. The number of ether oxygens (including phenoxy) is 1.